The van der Waals surface area contributed by atoms with Gasteiger partial charge in [0.15, 0.2) is 20.6 Å². The zero-order valence-corrected chi connectivity index (χ0v) is 13.7. The van der Waals surface area contributed by atoms with Crippen molar-refractivity contribution in [1.82, 2.24) is 9.78 Å². The Hall–Kier alpha value is -1.24. The molecule has 1 aliphatic carbocycles. The van der Waals surface area contributed by atoms with Crippen LogP contribution in [0, 0.1) is 0 Å². The van der Waals surface area contributed by atoms with E-state index in [0.717, 1.165) is 38.5 Å². The first-order chi connectivity index (χ1) is 9.95. The number of rotatable bonds is 6. The summed E-state index contributed by atoms with van der Waals surface area (Å²) in [6.07, 6.45) is 8.77. The molecule has 0 bridgehead atoms. The van der Waals surface area contributed by atoms with E-state index in [-0.39, 0.29) is 16.8 Å². The van der Waals surface area contributed by atoms with Crippen LogP contribution in [-0.4, -0.2) is 31.0 Å². The first kappa shape index (κ1) is 16.1. The summed E-state index contributed by atoms with van der Waals surface area (Å²) in [7, 11) is -3.39. The largest absolute Gasteiger partial charge is 0.383 e. The molecule has 7 heteroatoms. The van der Waals surface area contributed by atoms with E-state index in [1.807, 2.05) is 0 Å². The maximum Gasteiger partial charge on any atom is 0.182 e. The Morgan fingerprint density at radius 3 is 2.57 bits per heavy atom. The number of hydrogen-bond donors (Lipinski definition) is 2. The van der Waals surface area contributed by atoms with Gasteiger partial charge >= 0.3 is 0 Å². The quantitative estimate of drug-likeness (QED) is 0.788. The van der Waals surface area contributed by atoms with Crippen LogP contribution in [0.4, 0.5) is 11.6 Å². The second-order valence-corrected chi connectivity index (χ2v) is 7.80. The van der Waals surface area contributed by atoms with Gasteiger partial charge in [-0.3, -0.25) is 0 Å². The molecule has 0 saturated heterocycles. The third kappa shape index (κ3) is 3.70. The van der Waals surface area contributed by atoms with E-state index < -0.39 is 9.84 Å². The second kappa shape index (κ2) is 6.68. The predicted molar refractivity (Wildman–Crippen MR) is 85.3 cm³/mol. The van der Waals surface area contributed by atoms with Gasteiger partial charge in [-0.1, -0.05) is 32.6 Å². The van der Waals surface area contributed by atoms with Crippen LogP contribution in [0.25, 0.3) is 0 Å². The molecule has 2 rings (SSSR count). The number of nitrogens with one attached hydrogen (secondary N) is 1. The first-order valence-corrected chi connectivity index (χ1v) is 9.66. The number of nitrogen functional groups attached to an aromatic ring is 1. The minimum absolute atomic E-state index is 0.157. The van der Waals surface area contributed by atoms with Gasteiger partial charge in [0.2, 0.25) is 0 Å². The molecule has 3 N–H and O–H groups in total. The van der Waals surface area contributed by atoms with Crippen molar-refractivity contribution in [3.63, 3.8) is 0 Å². The maximum atomic E-state index is 12.0. The zero-order chi connectivity index (χ0) is 15.5. The van der Waals surface area contributed by atoms with Crippen molar-refractivity contribution in [2.45, 2.75) is 62.8 Å². The van der Waals surface area contributed by atoms with Gasteiger partial charge in [-0.2, -0.15) is 5.10 Å². The molecule has 1 saturated carbocycles. The fraction of sp³-hybridized carbons (Fsp3) is 0.786. The lowest BCUT2D eigenvalue weighted by atomic mass is 9.96. The van der Waals surface area contributed by atoms with Gasteiger partial charge in [0.25, 0.3) is 0 Å². The second-order valence-electron chi connectivity index (χ2n) is 5.85. The van der Waals surface area contributed by atoms with Crippen LogP contribution < -0.4 is 11.1 Å². The molecular weight excluding hydrogens is 288 g/mol. The molecular formula is C14H26N4O2S. The predicted octanol–water partition coefficient (Wildman–Crippen LogP) is 2.59. The van der Waals surface area contributed by atoms with Crippen LogP contribution in [0.3, 0.4) is 0 Å². The molecule has 0 unspecified atom stereocenters. The summed E-state index contributed by atoms with van der Waals surface area (Å²) in [6.45, 7) is 2.80. The highest BCUT2D eigenvalue weighted by Crippen LogP contribution is 2.35. The van der Waals surface area contributed by atoms with Gasteiger partial charge < -0.3 is 11.1 Å². The van der Waals surface area contributed by atoms with Crippen LogP contribution in [-0.2, 0) is 9.84 Å². The molecule has 120 valence electrons. The van der Waals surface area contributed by atoms with Gasteiger partial charge in [0, 0.05) is 12.8 Å². The van der Waals surface area contributed by atoms with E-state index in [0.29, 0.717) is 12.4 Å². The lowest BCUT2D eigenvalue weighted by molar-refractivity contribution is 0.333. The Morgan fingerprint density at radius 2 is 2.00 bits per heavy atom. The van der Waals surface area contributed by atoms with E-state index >= 15 is 0 Å². The summed E-state index contributed by atoms with van der Waals surface area (Å²) in [4.78, 5) is 0.157. The van der Waals surface area contributed by atoms with E-state index in [1.165, 1.54) is 12.7 Å². The Morgan fingerprint density at radius 1 is 1.33 bits per heavy atom. The van der Waals surface area contributed by atoms with Crippen molar-refractivity contribution in [1.29, 1.82) is 0 Å². The van der Waals surface area contributed by atoms with E-state index in [4.69, 9.17) is 5.73 Å². The standard InChI is InChI=1S/C14H26N4O2S/c1-3-4-10-16-14-12(21(2,19)20)13(15)18(17-14)11-8-6-5-7-9-11/h11H,3-10,15H2,1-2H3,(H,16,17). The van der Waals surface area contributed by atoms with Crippen LogP contribution in [0.2, 0.25) is 0 Å². The van der Waals surface area contributed by atoms with Gasteiger partial charge in [0.05, 0.1) is 6.04 Å². The fourth-order valence-electron chi connectivity index (χ4n) is 2.90. The minimum Gasteiger partial charge on any atom is -0.383 e. The van der Waals surface area contributed by atoms with Crippen molar-refractivity contribution in [3.8, 4) is 0 Å². The summed E-state index contributed by atoms with van der Waals surface area (Å²) >= 11 is 0. The maximum absolute atomic E-state index is 12.0. The molecule has 21 heavy (non-hydrogen) atoms. The molecule has 1 fully saturated rings. The molecule has 1 aromatic rings. The summed E-state index contributed by atoms with van der Waals surface area (Å²) in [5.41, 5.74) is 6.11. The average Bonchev–Trinajstić information content (AvgIpc) is 2.77. The van der Waals surface area contributed by atoms with E-state index in [1.54, 1.807) is 4.68 Å². The third-order valence-corrected chi connectivity index (χ3v) is 5.16. The molecule has 6 nitrogen and oxygen atoms in total. The Bertz CT molecular complexity index is 574. The number of anilines is 2. The molecule has 1 aromatic heterocycles. The number of unbranched alkanes of at least 4 members (excludes halogenated alkanes) is 1. The van der Waals surface area contributed by atoms with Gasteiger partial charge in [-0.25, -0.2) is 13.1 Å². The molecule has 0 atom stereocenters. The summed E-state index contributed by atoms with van der Waals surface area (Å²) in [5, 5.41) is 7.60. The zero-order valence-electron chi connectivity index (χ0n) is 12.9. The topological polar surface area (TPSA) is 90.0 Å². The van der Waals surface area contributed by atoms with Crippen molar-refractivity contribution >= 4 is 21.5 Å². The summed E-state index contributed by atoms with van der Waals surface area (Å²) in [6, 6.07) is 0.223. The van der Waals surface area contributed by atoms with Gasteiger partial charge in [-0.05, 0) is 19.3 Å². The smallest absolute Gasteiger partial charge is 0.182 e. The summed E-state index contributed by atoms with van der Waals surface area (Å²) in [5.74, 6) is 0.692. The first-order valence-electron chi connectivity index (χ1n) is 7.77. The monoisotopic (exact) mass is 314 g/mol. The molecule has 1 heterocycles. The Labute approximate surface area is 127 Å². The molecule has 0 aliphatic heterocycles. The number of hydrogen-bond acceptors (Lipinski definition) is 5. The van der Waals surface area contributed by atoms with Crippen molar-refractivity contribution in [3.05, 3.63) is 0 Å². The SMILES string of the molecule is CCCCNc1nn(C2CCCCC2)c(N)c1S(C)(=O)=O. The highest BCUT2D eigenvalue weighted by Gasteiger charge is 2.27. The number of nitrogens with two attached hydrogens (primary N) is 1. The summed E-state index contributed by atoms with van der Waals surface area (Å²) < 4.78 is 25.8. The fourth-order valence-corrected chi connectivity index (χ4v) is 3.84. The molecule has 1 aliphatic rings. The number of nitrogens with zero attached hydrogens (tertiary/aromatic N) is 2. The Balaban J connectivity index is 2.34. The molecule has 0 aromatic carbocycles. The molecule has 0 amide bonds. The van der Waals surface area contributed by atoms with Crippen LogP contribution in [0.5, 0.6) is 0 Å². The van der Waals surface area contributed by atoms with E-state index in [2.05, 4.69) is 17.3 Å². The van der Waals surface area contributed by atoms with E-state index in [9.17, 15) is 8.42 Å². The minimum atomic E-state index is -3.39. The van der Waals surface area contributed by atoms with Crippen LogP contribution in [0.15, 0.2) is 4.90 Å². The highest BCUT2D eigenvalue weighted by molar-refractivity contribution is 7.91. The highest BCUT2D eigenvalue weighted by atomic mass is 32.2. The molecule has 0 radical (unpaired) electrons. The Kier molecular flexibility index (Phi) is 5.13. The van der Waals surface area contributed by atoms with Crippen LogP contribution >= 0.6 is 0 Å². The van der Waals surface area contributed by atoms with Gasteiger partial charge in [0.1, 0.15) is 5.82 Å². The van der Waals surface area contributed by atoms with Crippen molar-refractivity contribution in [2.75, 3.05) is 23.9 Å². The van der Waals surface area contributed by atoms with Crippen LogP contribution in [0.1, 0.15) is 57.9 Å². The van der Waals surface area contributed by atoms with Crippen molar-refractivity contribution in [2.24, 2.45) is 0 Å². The average molecular weight is 314 g/mol. The number of aromatic nitrogens is 2. The lowest BCUT2D eigenvalue weighted by Crippen LogP contribution is -2.16. The third-order valence-electron chi connectivity index (χ3n) is 4.02. The van der Waals surface area contributed by atoms with Gasteiger partial charge in [-0.15, -0.1) is 0 Å². The number of sulfone groups is 1. The molecule has 0 spiro atoms. The lowest BCUT2D eigenvalue weighted by Gasteiger charge is -2.22. The van der Waals surface area contributed by atoms with Crippen molar-refractivity contribution < 1.29 is 8.42 Å². The normalized spacial score (nSPS) is 17.0.